The number of hydrogen-bond acceptors (Lipinski definition) is 4. The molecule has 0 radical (unpaired) electrons. The van der Waals surface area contributed by atoms with Gasteiger partial charge in [0.1, 0.15) is 0 Å². The molecule has 1 aromatic heterocycles. The number of aliphatic hydroxyl groups excluding tert-OH is 1. The van der Waals surface area contributed by atoms with E-state index in [4.69, 9.17) is 0 Å². The summed E-state index contributed by atoms with van der Waals surface area (Å²) in [6, 6.07) is 4.13. The minimum Gasteiger partial charge on any atom is -0.392 e. The summed E-state index contributed by atoms with van der Waals surface area (Å²) < 4.78 is 26.4. The molecule has 0 spiro atoms. The quantitative estimate of drug-likeness (QED) is 0.833. The third-order valence-corrected chi connectivity index (χ3v) is 7.61. The molecule has 0 bridgehead atoms. The molecule has 0 aliphatic heterocycles. The van der Waals surface area contributed by atoms with Crippen LogP contribution in [0.5, 0.6) is 0 Å². The van der Waals surface area contributed by atoms with E-state index < -0.39 is 15.3 Å². The first kappa shape index (κ1) is 17.9. The van der Waals surface area contributed by atoms with E-state index in [1.54, 1.807) is 25.2 Å². The predicted octanol–water partition coefficient (Wildman–Crippen LogP) is 2.96. The zero-order chi connectivity index (χ0) is 16.3. The molecule has 4 atom stereocenters. The van der Waals surface area contributed by atoms with Crippen molar-refractivity contribution in [1.29, 1.82) is 0 Å². The van der Waals surface area contributed by atoms with E-state index >= 15 is 0 Å². The lowest BCUT2D eigenvalue weighted by molar-refractivity contribution is 0.0639. The maximum absolute atomic E-state index is 11.8. The monoisotopic (exact) mass is 345 g/mol. The second-order valence-electron chi connectivity index (χ2n) is 6.68. The van der Waals surface area contributed by atoms with Crippen molar-refractivity contribution in [3.63, 3.8) is 0 Å². The molecular weight excluding hydrogens is 318 g/mol. The van der Waals surface area contributed by atoms with E-state index in [9.17, 15) is 13.5 Å². The van der Waals surface area contributed by atoms with Gasteiger partial charge in [-0.05, 0) is 56.4 Å². The highest BCUT2D eigenvalue weighted by Gasteiger charge is 2.33. The Bertz CT molecular complexity index is 554. The summed E-state index contributed by atoms with van der Waals surface area (Å²) in [5.74, 6) is 0.865. The number of sulfonamides is 1. The highest BCUT2D eigenvalue weighted by Crippen LogP contribution is 2.40. The second kappa shape index (κ2) is 7.43. The Morgan fingerprint density at radius 2 is 2.09 bits per heavy atom. The van der Waals surface area contributed by atoms with Gasteiger partial charge >= 0.3 is 0 Å². The molecule has 126 valence electrons. The van der Waals surface area contributed by atoms with Crippen LogP contribution in [0, 0.1) is 11.8 Å². The van der Waals surface area contributed by atoms with Crippen molar-refractivity contribution in [2.75, 3.05) is 6.54 Å². The summed E-state index contributed by atoms with van der Waals surface area (Å²) in [5, 5.41) is 12.1. The van der Waals surface area contributed by atoms with Gasteiger partial charge in [0.2, 0.25) is 10.0 Å². The lowest BCUT2D eigenvalue weighted by Crippen LogP contribution is -2.38. The zero-order valence-corrected chi connectivity index (χ0v) is 15.2. The van der Waals surface area contributed by atoms with Crippen LogP contribution in [-0.2, 0) is 10.0 Å². The first-order chi connectivity index (χ1) is 10.3. The van der Waals surface area contributed by atoms with E-state index in [1.807, 2.05) is 6.07 Å². The van der Waals surface area contributed by atoms with Crippen LogP contribution in [0.2, 0.25) is 0 Å². The van der Waals surface area contributed by atoms with Gasteiger partial charge in [-0.1, -0.05) is 13.0 Å². The number of aliphatic hydroxyl groups is 1. The zero-order valence-electron chi connectivity index (χ0n) is 13.5. The number of nitrogens with one attached hydrogen (secondary N) is 1. The van der Waals surface area contributed by atoms with Gasteiger partial charge < -0.3 is 5.11 Å². The second-order valence-corrected chi connectivity index (χ2v) is 9.98. The van der Waals surface area contributed by atoms with Crippen molar-refractivity contribution < 1.29 is 13.5 Å². The standard InChI is InChI=1S/C16H27NO3S2/c1-11(2)22(19,20)17-10-12(3)13-6-7-14(15(18)9-13)16-5-4-8-21-16/h4-5,8,11-15,17-18H,6-7,9-10H2,1-3H3. The van der Waals surface area contributed by atoms with Gasteiger partial charge in [-0.2, -0.15) is 0 Å². The lowest BCUT2D eigenvalue weighted by atomic mass is 9.74. The SMILES string of the molecule is CC(CNS(=O)(=O)C(C)C)C1CCC(c2cccs2)C(O)C1. The number of rotatable bonds is 6. The molecule has 1 aliphatic rings. The highest BCUT2D eigenvalue weighted by atomic mass is 32.2. The van der Waals surface area contributed by atoms with Crippen LogP contribution in [0.1, 0.15) is 50.8 Å². The van der Waals surface area contributed by atoms with Gasteiger partial charge in [-0.15, -0.1) is 11.3 Å². The number of thiophene rings is 1. The van der Waals surface area contributed by atoms with Crippen molar-refractivity contribution in [3.8, 4) is 0 Å². The molecule has 1 aliphatic carbocycles. The van der Waals surface area contributed by atoms with Crippen LogP contribution in [0.4, 0.5) is 0 Å². The molecule has 4 nitrogen and oxygen atoms in total. The highest BCUT2D eigenvalue weighted by molar-refractivity contribution is 7.90. The Balaban J connectivity index is 1.87. The Morgan fingerprint density at radius 3 is 2.64 bits per heavy atom. The lowest BCUT2D eigenvalue weighted by Gasteiger charge is -2.35. The van der Waals surface area contributed by atoms with Crippen LogP contribution in [0.15, 0.2) is 17.5 Å². The van der Waals surface area contributed by atoms with E-state index in [0.717, 1.165) is 19.3 Å². The fraction of sp³-hybridized carbons (Fsp3) is 0.750. The normalized spacial score (nSPS) is 28.0. The molecule has 4 unspecified atom stereocenters. The van der Waals surface area contributed by atoms with Crippen LogP contribution < -0.4 is 4.72 Å². The minimum absolute atomic E-state index is 0.243. The van der Waals surface area contributed by atoms with Crippen LogP contribution in [0.25, 0.3) is 0 Å². The molecule has 6 heteroatoms. The van der Waals surface area contributed by atoms with Crippen LogP contribution in [-0.4, -0.2) is 31.4 Å². The Hall–Kier alpha value is -0.430. The third-order valence-electron chi connectivity index (χ3n) is 4.80. The first-order valence-electron chi connectivity index (χ1n) is 8.01. The van der Waals surface area contributed by atoms with Gasteiger partial charge in [-0.25, -0.2) is 13.1 Å². The van der Waals surface area contributed by atoms with Crippen molar-refractivity contribution in [1.82, 2.24) is 4.72 Å². The summed E-state index contributed by atoms with van der Waals surface area (Å²) in [5.41, 5.74) is 0. The summed E-state index contributed by atoms with van der Waals surface area (Å²) in [4.78, 5) is 1.26. The van der Waals surface area contributed by atoms with Gasteiger partial charge in [-0.3, -0.25) is 0 Å². The molecule has 2 rings (SSSR count). The molecule has 1 saturated carbocycles. The Kier molecular flexibility index (Phi) is 6.05. The number of hydrogen-bond donors (Lipinski definition) is 2. The molecule has 0 amide bonds. The van der Waals surface area contributed by atoms with Crippen LogP contribution >= 0.6 is 11.3 Å². The fourth-order valence-corrected chi connectivity index (χ4v) is 4.86. The van der Waals surface area contributed by atoms with Crippen molar-refractivity contribution in [2.24, 2.45) is 11.8 Å². The Morgan fingerprint density at radius 1 is 1.36 bits per heavy atom. The summed E-state index contributed by atoms with van der Waals surface area (Å²) in [6.45, 7) is 5.90. The van der Waals surface area contributed by atoms with Gasteiger partial charge in [0.25, 0.3) is 0 Å². The van der Waals surface area contributed by atoms with Gasteiger partial charge in [0.05, 0.1) is 11.4 Å². The van der Waals surface area contributed by atoms with Crippen molar-refractivity contribution in [2.45, 2.75) is 57.3 Å². The largest absolute Gasteiger partial charge is 0.392 e. The molecule has 0 saturated heterocycles. The third kappa shape index (κ3) is 4.31. The van der Waals surface area contributed by atoms with Crippen molar-refractivity contribution >= 4 is 21.4 Å². The first-order valence-corrected chi connectivity index (χ1v) is 10.4. The molecule has 1 aromatic rings. The molecule has 2 N–H and O–H groups in total. The molecule has 1 fully saturated rings. The summed E-state index contributed by atoms with van der Waals surface area (Å²) in [7, 11) is -3.20. The predicted molar refractivity (Wildman–Crippen MR) is 91.6 cm³/mol. The molecule has 22 heavy (non-hydrogen) atoms. The topological polar surface area (TPSA) is 66.4 Å². The average Bonchev–Trinajstić information content (AvgIpc) is 2.98. The maximum Gasteiger partial charge on any atom is 0.213 e. The van der Waals surface area contributed by atoms with E-state index in [-0.39, 0.29) is 17.9 Å². The van der Waals surface area contributed by atoms with Gasteiger partial charge in [0.15, 0.2) is 0 Å². The average molecular weight is 346 g/mol. The smallest absolute Gasteiger partial charge is 0.213 e. The minimum atomic E-state index is -3.20. The maximum atomic E-state index is 11.8. The summed E-state index contributed by atoms with van der Waals surface area (Å²) in [6.07, 6.45) is 2.46. The van der Waals surface area contributed by atoms with E-state index in [0.29, 0.717) is 12.5 Å². The van der Waals surface area contributed by atoms with Gasteiger partial charge in [0, 0.05) is 17.3 Å². The van der Waals surface area contributed by atoms with E-state index in [2.05, 4.69) is 23.1 Å². The summed E-state index contributed by atoms with van der Waals surface area (Å²) >= 11 is 1.71. The Labute approximate surface area is 138 Å². The van der Waals surface area contributed by atoms with Crippen LogP contribution in [0.3, 0.4) is 0 Å². The molecular formula is C16H27NO3S2. The molecule has 0 aromatic carbocycles. The fourth-order valence-electron chi connectivity index (χ4n) is 3.11. The van der Waals surface area contributed by atoms with Crippen molar-refractivity contribution in [3.05, 3.63) is 22.4 Å². The molecule has 1 heterocycles. The van der Waals surface area contributed by atoms with E-state index in [1.165, 1.54) is 4.88 Å².